The van der Waals surface area contributed by atoms with Crippen molar-refractivity contribution in [1.29, 1.82) is 0 Å². The van der Waals surface area contributed by atoms with E-state index in [-0.39, 0.29) is 5.92 Å². The number of methoxy groups -OCH3 is 1. The number of benzene rings is 2. The van der Waals surface area contributed by atoms with Gasteiger partial charge in [0.15, 0.2) is 0 Å². The maximum Gasteiger partial charge on any atom is 0.225 e. The summed E-state index contributed by atoms with van der Waals surface area (Å²) < 4.78 is 5.48. The number of hydrogen-bond donors (Lipinski definition) is 0. The molecular formula is C25H29ClN2O2. The minimum absolute atomic E-state index is 0.279. The molecule has 2 aromatic rings. The van der Waals surface area contributed by atoms with Crippen molar-refractivity contribution in [2.75, 3.05) is 26.7 Å². The topological polar surface area (TPSA) is 32.8 Å². The number of halogens is 1. The molecule has 0 unspecified atom stereocenters. The Morgan fingerprint density at radius 3 is 2.63 bits per heavy atom. The van der Waals surface area contributed by atoms with Crippen LogP contribution in [0.2, 0.25) is 5.02 Å². The van der Waals surface area contributed by atoms with Gasteiger partial charge in [-0.25, -0.2) is 0 Å². The number of rotatable bonds is 5. The zero-order chi connectivity index (χ0) is 20.7. The Morgan fingerprint density at radius 2 is 1.90 bits per heavy atom. The third kappa shape index (κ3) is 3.95. The Kier molecular flexibility index (Phi) is 5.46. The fourth-order valence-corrected chi connectivity index (χ4v) is 5.47. The number of nitrogens with zero attached hydrogens (tertiary/aromatic N) is 2. The van der Waals surface area contributed by atoms with Crippen molar-refractivity contribution in [3.63, 3.8) is 0 Å². The van der Waals surface area contributed by atoms with E-state index in [1.807, 2.05) is 18.2 Å². The molecule has 2 aliphatic heterocycles. The van der Waals surface area contributed by atoms with Gasteiger partial charge in [0, 0.05) is 55.0 Å². The Morgan fingerprint density at radius 1 is 1.10 bits per heavy atom. The second-order valence-electron chi connectivity index (χ2n) is 9.03. The average molecular weight is 425 g/mol. The number of ether oxygens (including phenoxy) is 1. The largest absolute Gasteiger partial charge is 0.497 e. The fourth-order valence-electron chi connectivity index (χ4n) is 5.34. The maximum absolute atomic E-state index is 13.0. The van der Waals surface area contributed by atoms with E-state index in [0.717, 1.165) is 56.2 Å². The molecule has 0 N–H and O–H groups in total. The van der Waals surface area contributed by atoms with Gasteiger partial charge in [0.25, 0.3) is 0 Å². The van der Waals surface area contributed by atoms with Crippen molar-refractivity contribution < 1.29 is 9.53 Å². The summed E-state index contributed by atoms with van der Waals surface area (Å²) in [6.07, 6.45) is 3.19. The van der Waals surface area contributed by atoms with Crippen molar-refractivity contribution in [2.24, 2.45) is 11.8 Å². The first-order chi connectivity index (χ1) is 14.6. The van der Waals surface area contributed by atoms with Crippen LogP contribution in [0, 0.1) is 11.8 Å². The van der Waals surface area contributed by atoms with Crippen LogP contribution in [-0.4, -0.2) is 48.5 Å². The van der Waals surface area contributed by atoms with Gasteiger partial charge in [0.2, 0.25) is 5.91 Å². The van der Waals surface area contributed by atoms with Crippen LogP contribution in [-0.2, 0) is 11.3 Å². The van der Waals surface area contributed by atoms with Crippen LogP contribution in [0.5, 0.6) is 5.75 Å². The SMILES string of the molecule is COc1cccc([C@@H]2CN(C(=O)C3CC3)[C@H]3CCN(Cc4ccc(Cl)cc4)C[C@@H]23)c1. The minimum Gasteiger partial charge on any atom is -0.497 e. The molecule has 2 heterocycles. The molecular weight excluding hydrogens is 396 g/mol. The lowest BCUT2D eigenvalue weighted by atomic mass is 9.81. The van der Waals surface area contributed by atoms with Gasteiger partial charge < -0.3 is 9.64 Å². The number of carbonyl (C=O) groups is 1. The van der Waals surface area contributed by atoms with Crippen LogP contribution in [0.25, 0.3) is 0 Å². The normalized spacial score (nSPS) is 26.5. The second kappa shape index (κ2) is 8.24. The molecule has 4 nitrogen and oxygen atoms in total. The predicted octanol–water partition coefficient (Wildman–Crippen LogP) is 4.58. The zero-order valence-electron chi connectivity index (χ0n) is 17.5. The molecule has 158 valence electrons. The van der Waals surface area contributed by atoms with E-state index >= 15 is 0 Å². The van der Waals surface area contributed by atoms with E-state index < -0.39 is 0 Å². The Hall–Kier alpha value is -2.04. The van der Waals surface area contributed by atoms with Crippen LogP contribution >= 0.6 is 11.6 Å². The van der Waals surface area contributed by atoms with Gasteiger partial charge in [-0.15, -0.1) is 0 Å². The Labute approximate surface area is 183 Å². The van der Waals surface area contributed by atoms with Crippen LogP contribution in [0.1, 0.15) is 36.3 Å². The van der Waals surface area contributed by atoms with Crippen molar-refractivity contribution in [1.82, 2.24) is 9.80 Å². The quantitative estimate of drug-likeness (QED) is 0.704. The smallest absolute Gasteiger partial charge is 0.225 e. The van der Waals surface area contributed by atoms with E-state index in [1.54, 1.807) is 7.11 Å². The van der Waals surface area contributed by atoms with Crippen molar-refractivity contribution in [2.45, 2.75) is 37.8 Å². The number of likely N-dealkylation sites (tertiary alicyclic amines) is 2. The molecule has 1 aliphatic carbocycles. The lowest BCUT2D eigenvalue weighted by Gasteiger charge is -2.39. The number of amides is 1. The third-order valence-corrected chi connectivity index (χ3v) is 7.32. The molecule has 0 radical (unpaired) electrons. The number of piperidine rings is 1. The first-order valence-electron chi connectivity index (χ1n) is 11.0. The van der Waals surface area contributed by atoms with E-state index in [1.165, 1.54) is 11.1 Å². The van der Waals surface area contributed by atoms with Crippen LogP contribution < -0.4 is 4.74 Å². The van der Waals surface area contributed by atoms with Gasteiger partial charge in [-0.1, -0.05) is 35.9 Å². The predicted molar refractivity (Wildman–Crippen MR) is 119 cm³/mol. The van der Waals surface area contributed by atoms with E-state index in [9.17, 15) is 4.79 Å². The molecule has 1 saturated carbocycles. The summed E-state index contributed by atoms with van der Waals surface area (Å²) in [6, 6.07) is 17.0. The van der Waals surface area contributed by atoms with Gasteiger partial charge >= 0.3 is 0 Å². The summed E-state index contributed by atoms with van der Waals surface area (Å²) in [5.74, 6) is 2.38. The molecule has 30 heavy (non-hydrogen) atoms. The fraction of sp³-hybridized carbons (Fsp3) is 0.480. The highest BCUT2D eigenvalue weighted by Crippen LogP contribution is 2.44. The lowest BCUT2D eigenvalue weighted by molar-refractivity contribution is -0.134. The van der Waals surface area contributed by atoms with Crippen LogP contribution in [0.15, 0.2) is 48.5 Å². The molecule has 1 amide bonds. The Balaban J connectivity index is 1.38. The van der Waals surface area contributed by atoms with E-state index in [4.69, 9.17) is 16.3 Å². The summed E-state index contributed by atoms with van der Waals surface area (Å²) in [7, 11) is 1.72. The van der Waals surface area contributed by atoms with Crippen LogP contribution in [0.4, 0.5) is 0 Å². The highest BCUT2D eigenvalue weighted by Gasteiger charge is 2.49. The van der Waals surface area contributed by atoms with Gasteiger partial charge in [0.1, 0.15) is 5.75 Å². The summed E-state index contributed by atoms with van der Waals surface area (Å²) in [5.41, 5.74) is 2.59. The zero-order valence-corrected chi connectivity index (χ0v) is 18.2. The highest BCUT2D eigenvalue weighted by atomic mass is 35.5. The average Bonchev–Trinajstić information content (AvgIpc) is 3.56. The maximum atomic E-state index is 13.0. The first-order valence-corrected chi connectivity index (χ1v) is 11.4. The molecule has 3 aliphatic rings. The van der Waals surface area contributed by atoms with E-state index in [0.29, 0.717) is 23.8 Å². The summed E-state index contributed by atoms with van der Waals surface area (Å²) in [6.45, 7) is 3.82. The molecule has 2 saturated heterocycles. The van der Waals surface area contributed by atoms with Gasteiger partial charge in [-0.2, -0.15) is 0 Å². The summed E-state index contributed by atoms with van der Waals surface area (Å²) in [4.78, 5) is 17.8. The molecule has 3 fully saturated rings. The molecule has 3 atom stereocenters. The molecule has 0 aromatic heterocycles. The highest BCUT2D eigenvalue weighted by molar-refractivity contribution is 6.30. The number of hydrogen-bond acceptors (Lipinski definition) is 3. The van der Waals surface area contributed by atoms with Crippen LogP contribution in [0.3, 0.4) is 0 Å². The van der Waals surface area contributed by atoms with Gasteiger partial charge in [0.05, 0.1) is 7.11 Å². The number of fused-ring (bicyclic) bond motifs is 1. The molecule has 5 rings (SSSR count). The van der Waals surface area contributed by atoms with Crippen molar-refractivity contribution >= 4 is 17.5 Å². The number of carbonyl (C=O) groups excluding carboxylic acids is 1. The molecule has 0 bridgehead atoms. The standard InChI is InChI=1S/C25H29ClN2O2/c1-30-21-4-2-3-19(13-21)22-16-28(25(29)18-7-8-18)24-11-12-27(15-23(22)24)14-17-5-9-20(26)10-6-17/h2-6,9-10,13,18,22-24H,7-8,11-12,14-16H2,1H3/t22-,23-,24-/m0/s1. The van der Waals surface area contributed by atoms with Crippen molar-refractivity contribution in [3.8, 4) is 5.75 Å². The first kappa shape index (κ1) is 19.9. The third-order valence-electron chi connectivity index (χ3n) is 7.07. The van der Waals surface area contributed by atoms with Crippen molar-refractivity contribution in [3.05, 3.63) is 64.7 Å². The monoisotopic (exact) mass is 424 g/mol. The Bertz CT molecular complexity index is 912. The van der Waals surface area contributed by atoms with Gasteiger partial charge in [-0.05, 0) is 54.7 Å². The molecule has 5 heteroatoms. The van der Waals surface area contributed by atoms with E-state index in [2.05, 4.69) is 40.1 Å². The lowest BCUT2D eigenvalue weighted by Crippen LogP contribution is -2.48. The molecule has 2 aromatic carbocycles. The molecule has 0 spiro atoms. The minimum atomic E-state index is 0.279. The summed E-state index contributed by atoms with van der Waals surface area (Å²) in [5, 5.41) is 0.778. The van der Waals surface area contributed by atoms with Gasteiger partial charge in [-0.3, -0.25) is 9.69 Å². The summed E-state index contributed by atoms with van der Waals surface area (Å²) >= 11 is 6.05. The second-order valence-corrected chi connectivity index (χ2v) is 9.47.